The first-order valence-electron chi connectivity index (χ1n) is 7.21. The molecular formula is C15H26N2O2. The van der Waals surface area contributed by atoms with Crippen LogP contribution in [0.5, 0.6) is 0 Å². The van der Waals surface area contributed by atoms with Crippen LogP contribution < -0.4 is 0 Å². The van der Waals surface area contributed by atoms with Gasteiger partial charge in [-0.15, -0.1) is 0 Å². The lowest BCUT2D eigenvalue weighted by Gasteiger charge is -2.27. The molecule has 4 nitrogen and oxygen atoms in total. The topological polar surface area (TPSA) is 24.9 Å². The molecule has 1 fully saturated rings. The predicted molar refractivity (Wildman–Crippen MR) is 76.9 cm³/mol. The number of hydrogen-bond donors (Lipinski definition) is 0. The van der Waals surface area contributed by atoms with Gasteiger partial charge in [-0.1, -0.05) is 24.6 Å². The lowest BCUT2D eigenvalue weighted by molar-refractivity contribution is -0.189. The summed E-state index contributed by atoms with van der Waals surface area (Å²) in [5, 5.41) is 0. The molecule has 0 aromatic carbocycles. The van der Waals surface area contributed by atoms with Gasteiger partial charge in [0.15, 0.2) is 0 Å². The van der Waals surface area contributed by atoms with Crippen molar-refractivity contribution in [3.05, 3.63) is 23.8 Å². The van der Waals surface area contributed by atoms with Crippen LogP contribution in [0, 0.1) is 0 Å². The number of likely N-dealkylation sites (tertiary alicyclic amines) is 1. The number of ether oxygens (including phenoxy) is 2. The van der Waals surface area contributed by atoms with Crippen molar-refractivity contribution < 1.29 is 9.47 Å². The Labute approximate surface area is 116 Å². The largest absolute Gasteiger partial charge is 0.343 e. The molecule has 2 rings (SSSR count). The van der Waals surface area contributed by atoms with Gasteiger partial charge in [0.2, 0.25) is 6.41 Å². The standard InChI is InChI=1S/C15H26N2O2/c1-18-15(19-2)17-11-6-7-14(8-12-17)13-16-9-4-3-5-10-16/h6-8,15H,3-5,9-13H2,1-2H3. The van der Waals surface area contributed by atoms with Gasteiger partial charge in [0.1, 0.15) is 0 Å². The lowest BCUT2D eigenvalue weighted by Crippen LogP contribution is -2.38. The second-order valence-corrected chi connectivity index (χ2v) is 5.25. The molecule has 0 spiro atoms. The lowest BCUT2D eigenvalue weighted by atomic mass is 10.1. The van der Waals surface area contributed by atoms with E-state index >= 15 is 0 Å². The molecule has 1 saturated heterocycles. The summed E-state index contributed by atoms with van der Waals surface area (Å²) in [5.41, 5.74) is 1.41. The van der Waals surface area contributed by atoms with Crippen molar-refractivity contribution in [3.8, 4) is 0 Å². The molecule has 0 N–H and O–H groups in total. The molecule has 0 aliphatic carbocycles. The third-order valence-electron chi connectivity index (χ3n) is 3.82. The molecule has 2 aliphatic rings. The van der Waals surface area contributed by atoms with Crippen molar-refractivity contribution in [1.29, 1.82) is 0 Å². The minimum atomic E-state index is -0.254. The van der Waals surface area contributed by atoms with Crippen molar-refractivity contribution in [2.75, 3.05) is 46.9 Å². The Bertz CT molecular complexity index is 318. The average Bonchev–Trinajstić information content (AvgIpc) is 2.68. The maximum absolute atomic E-state index is 5.31. The Kier molecular flexibility index (Phi) is 6.04. The van der Waals surface area contributed by atoms with Crippen LogP contribution in [-0.4, -0.2) is 63.2 Å². The number of rotatable bonds is 5. The molecule has 108 valence electrons. The molecule has 0 aromatic rings. The molecule has 0 atom stereocenters. The van der Waals surface area contributed by atoms with E-state index in [0.29, 0.717) is 0 Å². The van der Waals surface area contributed by atoms with Gasteiger partial charge < -0.3 is 9.47 Å². The molecule has 0 aromatic heterocycles. The van der Waals surface area contributed by atoms with Crippen LogP contribution in [0.1, 0.15) is 19.3 Å². The van der Waals surface area contributed by atoms with Gasteiger partial charge in [-0.3, -0.25) is 4.90 Å². The molecule has 0 radical (unpaired) electrons. The summed E-state index contributed by atoms with van der Waals surface area (Å²) < 4.78 is 10.6. The minimum Gasteiger partial charge on any atom is -0.343 e. The van der Waals surface area contributed by atoms with E-state index in [4.69, 9.17) is 9.47 Å². The summed E-state index contributed by atoms with van der Waals surface area (Å²) >= 11 is 0. The zero-order valence-electron chi connectivity index (χ0n) is 12.2. The molecule has 0 bridgehead atoms. The van der Waals surface area contributed by atoms with Crippen molar-refractivity contribution >= 4 is 0 Å². The van der Waals surface area contributed by atoms with E-state index in [2.05, 4.69) is 28.0 Å². The maximum atomic E-state index is 5.31. The first-order valence-corrected chi connectivity index (χ1v) is 7.21. The zero-order valence-corrected chi connectivity index (χ0v) is 12.2. The second kappa shape index (κ2) is 7.80. The van der Waals surface area contributed by atoms with Crippen molar-refractivity contribution in [3.63, 3.8) is 0 Å². The summed E-state index contributed by atoms with van der Waals surface area (Å²) in [4.78, 5) is 4.72. The normalized spacial score (nSPS) is 22.6. The Balaban J connectivity index is 1.88. The zero-order chi connectivity index (χ0) is 13.5. The third kappa shape index (κ3) is 4.42. The Hall–Kier alpha value is -0.680. The second-order valence-electron chi connectivity index (χ2n) is 5.25. The smallest absolute Gasteiger partial charge is 0.218 e. The fourth-order valence-electron chi connectivity index (χ4n) is 2.78. The van der Waals surface area contributed by atoms with E-state index in [1.165, 1.54) is 37.9 Å². The first kappa shape index (κ1) is 14.7. The van der Waals surface area contributed by atoms with Crippen LogP contribution in [0.3, 0.4) is 0 Å². The monoisotopic (exact) mass is 266 g/mol. The quantitative estimate of drug-likeness (QED) is 0.709. The van der Waals surface area contributed by atoms with Crippen molar-refractivity contribution in [2.45, 2.75) is 25.7 Å². The number of piperidine rings is 1. The molecule has 0 amide bonds. The average molecular weight is 266 g/mol. The van der Waals surface area contributed by atoms with Crippen LogP contribution in [0.25, 0.3) is 0 Å². The summed E-state index contributed by atoms with van der Waals surface area (Å²) in [7, 11) is 3.36. The fourth-order valence-corrected chi connectivity index (χ4v) is 2.78. The summed E-state index contributed by atoms with van der Waals surface area (Å²) in [6, 6.07) is 0. The van der Waals surface area contributed by atoms with Gasteiger partial charge in [0.05, 0.1) is 0 Å². The van der Waals surface area contributed by atoms with Gasteiger partial charge in [0, 0.05) is 33.9 Å². The Morgan fingerprint density at radius 2 is 1.84 bits per heavy atom. The van der Waals surface area contributed by atoms with Crippen LogP contribution in [0.15, 0.2) is 23.8 Å². The van der Waals surface area contributed by atoms with Crippen LogP contribution in [0.4, 0.5) is 0 Å². The minimum absolute atomic E-state index is 0.254. The van der Waals surface area contributed by atoms with E-state index in [9.17, 15) is 0 Å². The van der Waals surface area contributed by atoms with Gasteiger partial charge >= 0.3 is 0 Å². The third-order valence-corrected chi connectivity index (χ3v) is 3.82. The van der Waals surface area contributed by atoms with Crippen LogP contribution >= 0.6 is 0 Å². The Morgan fingerprint density at radius 1 is 1.11 bits per heavy atom. The molecule has 0 unspecified atom stereocenters. The molecule has 2 aliphatic heterocycles. The molecule has 4 heteroatoms. The fraction of sp³-hybridized carbons (Fsp3) is 0.733. The number of nitrogens with zero attached hydrogens (tertiary/aromatic N) is 2. The summed E-state index contributed by atoms with van der Waals surface area (Å²) in [5.74, 6) is 0. The van der Waals surface area contributed by atoms with E-state index in [-0.39, 0.29) is 6.41 Å². The Morgan fingerprint density at radius 3 is 2.53 bits per heavy atom. The van der Waals surface area contributed by atoms with Gasteiger partial charge in [-0.05, 0) is 31.5 Å². The molecule has 0 saturated carbocycles. The summed E-state index contributed by atoms with van der Waals surface area (Å²) in [6.07, 6.45) is 10.6. The predicted octanol–water partition coefficient (Wildman–Crippen LogP) is 1.85. The number of hydrogen-bond acceptors (Lipinski definition) is 4. The van der Waals surface area contributed by atoms with E-state index in [1.807, 2.05) is 0 Å². The van der Waals surface area contributed by atoms with Crippen LogP contribution in [-0.2, 0) is 9.47 Å². The van der Waals surface area contributed by atoms with E-state index < -0.39 is 0 Å². The highest BCUT2D eigenvalue weighted by molar-refractivity contribution is 5.23. The molecule has 2 heterocycles. The van der Waals surface area contributed by atoms with Crippen LogP contribution in [0.2, 0.25) is 0 Å². The molecule has 19 heavy (non-hydrogen) atoms. The van der Waals surface area contributed by atoms with Gasteiger partial charge in [-0.2, -0.15) is 0 Å². The number of methoxy groups -OCH3 is 2. The van der Waals surface area contributed by atoms with Crippen molar-refractivity contribution in [2.24, 2.45) is 0 Å². The van der Waals surface area contributed by atoms with E-state index in [1.54, 1.807) is 14.2 Å². The van der Waals surface area contributed by atoms with E-state index in [0.717, 1.165) is 19.6 Å². The highest BCUT2D eigenvalue weighted by atomic mass is 16.7. The SMILES string of the molecule is COC(OC)N1CC=CC(CN2CCCCC2)=CC1. The maximum Gasteiger partial charge on any atom is 0.218 e. The highest BCUT2D eigenvalue weighted by Gasteiger charge is 2.17. The molecular weight excluding hydrogens is 240 g/mol. The van der Waals surface area contributed by atoms with Gasteiger partial charge in [0.25, 0.3) is 0 Å². The van der Waals surface area contributed by atoms with Gasteiger partial charge in [-0.25, -0.2) is 4.90 Å². The summed E-state index contributed by atoms with van der Waals surface area (Å²) in [6.45, 7) is 5.31. The first-order chi connectivity index (χ1) is 9.33. The highest BCUT2D eigenvalue weighted by Crippen LogP contribution is 2.14. The van der Waals surface area contributed by atoms with Crippen molar-refractivity contribution in [1.82, 2.24) is 9.80 Å².